The molecule has 0 aromatic rings. The molecule has 1 rings (SSSR count). The van der Waals surface area contributed by atoms with Crippen LogP contribution in [-0.4, -0.2) is 42.6 Å². The van der Waals surface area contributed by atoms with Crippen molar-refractivity contribution in [2.75, 3.05) is 13.7 Å². The molecule has 1 saturated heterocycles. The van der Waals surface area contributed by atoms with Gasteiger partial charge in [-0.2, -0.15) is 0 Å². The van der Waals surface area contributed by atoms with Crippen molar-refractivity contribution in [3.05, 3.63) is 0 Å². The fraction of sp³-hybridized carbons (Fsp3) is 0.867. The molecule has 0 aromatic carbocycles. The second-order valence-corrected chi connectivity index (χ2v) is 5.96. The molecular weight excluding hydrogens is 256 g/mol. The van der Waals surface area contributed by atoms with Crippen molar-refractivity contribution in [2.45, 2.75) is 66.5 Å². The molecule has 2 atom stereocenters. The van der Waals surface area contributed by atoms with Crippen molar-refractivity contribution < 1.29 is 14.3 Å². The Bertz CT molecular complexity index is 324. The number of nitrogens with one attached hydrogen (secondary N) is 1. The molecule has 5 nitrogen and oxygen atoms in total. The lowest BCUT2D eigenvalue weighted by Gasteiger charge is -2.34. The topological polar surface area (TPSA) is 58.6 Å². The van der Waals surface area contributed by atoms with Crippen LogP contribution in [0.1, 0.15) is 54.4 Å². The van der Waals surface area contributed by atoms with E-state index in [2.05, 4.69) is 10.1 Å². The number of alkyl carbamates (subject to hydrolysis) is 1. The van der Waals surface area contributed by atoms with Crippen LogP contribution in [0.3, 0.4) is 0 Å². The molecule has 1 heterocycles. The van der Waals surface area contributed by atoms with Gasteiger partial charge in [-0.15, -0.1) is 0 Å². The zero-order valence-corrected chi connectivity index (χ0v) is 13.9. The Morgan fingerprint density at radius 3 is 2.20 bits per heavy atom. The third-order valence-electron chi connectivity index (χ3n) is 3.40. The monoisotopic (exact) mass is 286 g/mol. The van der Waals surface area contributed by atoms with E-state index in [9.17, 15) is 9.59 Å². The fourth-order valence-electron chi connectivity index (χ4n) is 2.25. The molecule has 1 fully saturated rings. The Morgan fingerprint density at radius 1 is 1.30 bits per heavy atom. The van der Waals surface area contributed by atoms with Gasteiger partial charge in [0.25, 0.3) is 0 Å². The summed E-state index contributed by atoms with van der Waals surface area (Å²) in [6.07, 6.45) is 1.50. The summed E-state index contributed by atoms with van der Waals surface area (Å²) in [7, 11) is 1.30. The van der Waals surface area contributed by atoms with E-state index in [-0.39, 0.29) is 17.4 Å². The van der Waals surface area contributed by atoms with Crippen LogP contribution < -0.4 is 5.32 Å². The van der Waals surface area contributed by atoms with Crippen molar-refractivity contribution in [3.8, 4) is 0 Å². The number of ether oxygens (including phenoxy) is 1. The Hall–Kier alpha value is -1.26. The number of hydrogen-bond donors (Lipinski definition) is 1. The number of rotatable bonds is 2. The molecule has 0 radical (unpaired) electrons. The van der Waals surface area contributed by atoms with Gasteiger partial charge in [-0.1, -0.05) is 34.6 Å². The van der Waals surface area contributed by atoms with E-state index in [1.807, 2.05) is 46.4 Å². The Kier molecular flexibility index (Phi) is 7.61. The molecular formula is C15H30N2O3. The van der Waals surface area contributed by atoms with Gasteiger partial charge in [0.2, 0.25) is 5.91 Å². The standard InChI is InChI=1S/C13H24N2O3.C2H6/c1-9-7-6-8-15(9)11(16)10(13(2,3)4)14-12(17)18-5;1-2/h9-10H,6-8H2,1-5H3,(H,14,17);1-2H3. The maximum Gasteiger partial charge on any atom is 0.407 e. The summed E-state index contributed by atoms with van der Waals surface area (Å²) < 4.78 is 4.59. The van der Waals surface area contributed by atoms with E-state index in [0.717, 1.165) is 19.4 Å². The largest absolute Gasteiger partial charge is 0.453 e. The number of methoxy groups -OCH3 is 1. The molecule has 0 spiro atoms. The third kappa shape index (κ3) is 5.02. The summed E-state index contributed by atoms with van der Waals surface area (Å²) in [6.45, 7) is 12.6. The summed E-state index contributed by atoms with van der Waals surface area (Å²) in [4.78, 5) is 25.7. The van der Waals surface area contributed by atoms with E-state index >= 15 is 0 Å². The van der Waals surface area contributed by atoms with Crippen molar-refractivity contribution in [1.82, 2.24) is 10.2 Å². The highest BCUT2D eigenvalue weighted by Gasteiger charge is 2.38. The van der Waals surface area contributed by atoms with Crippen LogP contribution in [0, 0.1) is 5.41 Å². The number of amides is 2. The van der Waals surface area contributed by atoms with Crippen LogP contribution in [-0.2, 0) is 9.53 Å². The first kappa shape index (κ1) is 18.7. The van der Waals surface area contributed by atoms with Crippen molar-refractivity contribution in [3.63, 3.8) is 0 Å². The molecule has 1 aliphatic heterocycles. The molecule has 1 aliphatic rings. The number of nitrogens with zero attached hydrogens (tertiary/aromatic N) is 1. The van der Waals surface area contributed by atoms with E-state index in [4.69, 9.17) is 0 Å². The SMILES string of the molecule is CC.COC(=O)NC(C(=O)N1CCCC1C)C(C)(C)C. The fourth-order valence-corrected chi connectivity index (χ4v) is 2.25. The van der Waals surface area contributed by atoms with Crippen molar-refractivity contribution in [1.29, 1.82) is 0 Å². The van der Waals surface area contributed by atoms with Gasteiger partial charge in [0.1, 0.15) is 6.04 Å². The van der Waals surface area contributed by atoms with Gasteiger partial charge < -0.3 is 15.0 Å². The van der Waals surface area contributed by atoms with Crippen LogP contribution in [0.5, 0.6) is 0 Å². The minimum absolute atomic E-state index is 0.0158. The third-order valence-corrected chi connectivity index (χ3v) is 3.40. The number of carbonyl (C=O) groups is 2. The van der Waals surface area contributed by atoms with Crippen LogP contribution in [0.15, 0.2) is 0 Å². The van der Waals surface area contributed by atoms with Gasteiger partial charge in [0.15, 0.2) is 0 Å². The van der Waals surface area contributed by atoms with Gasteiger partial charge >= 0.3 is 6.09 Å². The summed E-state index contributed by atoms with van der Waals surface area (Å²) in [5.41, 5.74) is -0.340. The second kappa shape index (κ2) is 8.12. The average Bonchev–Trinajstić information content (AvgIpc) is 2.82. The maximum atomic E-state index is 12.5. The predicted molar refractivity (Wildman–Crippen MR) is 80.5 cm³/mol. The maximum absolute atomic E-state index is 12.5. The minimum Gasteiger partial charge on any atom is -0.453 e. The number of likely N-dealkylation sites (tertiary alicyclic amines) is 1. The molecule has 1 N–H and O–H groups in total. The first-order valence-electron chi connectivity index (χ1n) is 7.42. The summed E-state index contributed by atoms with van der Waals surface area (Å²) in [5.74, 6) is -0.0158. The van der Waals surface area contributed by atoms with Crippen molar-refractivity contribution >= 4 is 12.0 Å². The highest BCUT2D eigenvalue weighted by molar-refractivity contribution is 5.86. The summed E-state index contributed by atoms with van der Waals surface area (Å²) >= 11 is 0. The van der Waals surface area contributed by atoms with E-state index < -0.39 is 12.1 Å². The second-order valence-electron chi connectivity index (χ2n) is 5.96. The highest BCUT2D eigenvalue weighted by Crippen LogP contribution is 2.25. The van der Waals surface area contributed by atoms with Gasteiger partial charge in [-0.25, -0.2) is 4.79 Å². The number of carbonyl (C=O) groups excluding carboxylic acids is 2. The van der Waals surface area contributed by atoms with Crippen LogP contribution in [0.2, 0.25) is 0 Å². The molecule has 20 heavy (non-hydrogen) atoms. The lowest BCUT2D eigenvalue weighted by Crippen LogP contribution is -2.55. The minimum atomic E-state index is -0.560. The molecule has 5 heteroatoms. The Labute approximate surface area is 123 Å². The molecule has 2 amide bonds. The summed E-state index contributed by atoms with van der Waals surface area (Å²) in [6, 6.07) is -0.299. The normalized spacial score (nSPS) is 19.8. The zero-order valence-electron chi connectivity index (χ0n) is 13.9. The molecule has 0 bridgehead atoms. The Balaban J connectivity index is 0.00000172. The van der Waals surface area contributed by atoms with Gasteiger partial charge in [0, 0.05) is 12.6 Å². The van der Waals surface area contributed by atoms with Crippen molar-refractivity contribution in [2.24, 2.45) is 5.41 Å². The first-order valence-corrected chi connectivity index (χ1v) is 7.42. The molecule has 0 aromatic heterocycles. The van der Waals surface area contributed by atoms with Crippen LogP contribution in [0.25, 0.3) is 0 Å². The molecule has 0 aliphatic carbocycles. The number of hydrogen-bond acceptors (Lipinski definition) is 3. The first-order chi connectivity index (χ1) is 9.27. The molecule has 118 valence electrons. The van der Waals surface area contributed by atoms with E-state index in [0.29, 0.717) is 0 Å². The lowest BCUT2D eigenvalue weighted by atomic mass is 9.85. The highest BCUT2D eigenvalue weighted by atomic mass is 16.5. The average molecular weight is 286 g/mol. The van der Waals surface area contributed by atoms with Gasteiger partial charge in [0.05, 0.1) is 7.11 Å². The van der Waals surface area contributed by atoms with Crippen LogP contribution >= 0.6 is 0 Å². The zero-order chi connectivity index (χ0) is 15.9. The van der Waals surface area contributed by atoms with E-state index in [1.165, 1.54) is 7.11 Å². The lowest BCUT2D eigenvalue weighted by molar-refractivity contribution is -0.136. The summed E-state index contributed by atoms with van der Waals surface area (Å²) in [5, 5.41) is 2.65. The van der Waals surface area contributed by atoms with Gasteiger partial charge in [-0.05, 0) is 25.2 Å². The predicted octanol–water partition coefficient (Wildman–Crippen LogP) is 2.79. The van der Waals surface area contributed by atoms with Gasteiger partial charge in [-0.3, -0.25) is 4.79 Å². The molecule has 0 saturated carbocycles. The van der Waals surface area contributed by atoms with Crippen LogP contribution in [0.4, 0.5) is 4.79 Å². The van der Waals surface area contributed by atoms with E-state index in [1.54, 1.807) is 0 Å². The quantitative estimate of drug-likeness (QED) is 0.849. The molecule has 2 unspecified atom stereocenters. The smallest absolute Gasteiger partial charge is 0.407 e. The Morgan fingerprint density at radius 2 is 1.85 bits per heavy atom.